The Balaban J connectivity index is 1.29. The van der Waals surface area contributed by atoms with E-state index in [1.165, 1.54) is 89.2 Å². The lowest BCUT2D eigenvalue weighted by Crippen LogP contribution is -2.25. The number of rotatable bonds is 8. The lowest BCUT2D eigenvalue weighted by atomic mass is 9.68. The Kier molecular flexibility index (Phi) is 8.50. The molecule has 1 aromatic rings. The number of unbranched alkanes of at least 4 members (excludes halogenated alkanes) is 1. The molecule has 0 aliphatic heterocycles. The first-order valence-electron chi connectivity index (χ1n) is 12.1. The van der Waals surface area contributed by atoms with E-state index in [1.54, 1.807) is 12.1 Å². The van der Waals surface area contributed by atoms with Gasteiger partial charge in [-0.15, -0.1) is 0 Å². The van der Waals surface area contributed by atoms with Gasteiger partial charge in [0.2, 0.25) is 0 Å². The van der Waals surface area contributed by atoms with E-state index < -0.39 is 11.7 Å². The SMILES string of the molecule is CCC[C@H]1CC[C@H](C2CCC(CCCCc3ccc(C(F)(F)F)cc3)CC2)CC1. The monoisotopic (exact) mass is 408 g/mol. The molecule has 0 spiro atoms. The topological polar surface area (TPSA) is 0 Å². The predicted molar refractivity (Wildman–Crippen MR) is 115 cm³/mol. The summed E-state index contributed by atoms with van der Waals surface area (Å²) in [4.78, 5) is 0. The smallest absolute Gasteiger partial charge is 0.166 e. The summed E-state index contributed by atoms with van der Waals surface area (Å²) in [5, 5.41) is 0. The van der Waals surface area contributed by atoms with E-state index in [1.807, 2.05) is 0 Å². The van der Waals surface area contributed by atoms with Crippen molar-refractivity contribution >= 4 is 0 Å². The van der Waals surface area contributed by atoms with Gasteiger partial charge in [-0.25, -0.2) is 0 Å². The largest absolute Gasteiger partial charge is 0.416 e. The molecule has 29 heavy (non-hydrogen) atoms. The van der Waals surface area contributed by atoms with E-state index in [-0.39, 0.29) is 0 Å². The molecule has 0 N–H and O–H groups in total. The Bertz CT molecular complexity index is 573. The zero-order valence-electron chi connectivity index (χ0n) is 18.2. The molecule has 0 unspecified atom stereocenters. The first-order valence-corrected chi connectivity index (χ1v) is 12.1. The predicted octanol–water partition coefficient (Wildman–Crippen LogP) is 8.83. The maximum Gasteiger partial charge on any atom is 0.416 e. The minimum Gasteiger partial charge on any atom is -0.166 e. The van der Waals surface area contributed by atoms with Crippen molar-refractivity contribution in [1.29, 1.82) is 0 Å². The molecule has 0 amide bonds. The quantitative estimate of drug-likeness (QED) is 0.377. The van der Waals surface area contributed by atoms with Crippen LogP contribution in [0.4, 0.5) is 13.2 Å². The molecule has 3 rings (SSSR count). The summed E-state index contributed by atoms with van der Waals surface area (Å²) >= 11 is 0. The van der Waals surface area contributed by atoms with Gasteiger partial charge in [0.05, 0.1) is 5.56 Å². The second kappa shape index (κ2) is 10.9. The molecule has 2 aliphatic rings. The molecular weight excluding hydrogens is 369 g/mol. The lowest BCUT2D eigenvalue weighted by molar-refractivity contribution is -0.137. The van der Waals surface area contributed by atoms with E-state index >= 15 is 0 Å². The molecule has 0 aromatic heterocycles. The summed E-state index contributed by atoms with van der Waals surface area (Å²) in [6.45, 7) is 2.32. The average molecular weight is 409 g/mol. The van der Waals surface area contributed by atoms with Crippen LogP contribution in [0.1, 0.15) is 102 Å². The molecule has 2 fully saturated rings. The van der Waals surface area contributed by atoms with Crippen molar-refractivity contribution in [2.75, 3.05) is 0 Å². The summed E-state index contributed by atoms with van der Waals surface area (Å²) < 4.78 is 37.9. The summed E-state index contributed by atoms with van der Waals surface area (Å²) in [5.41, 5.74) is 0.484. The third kappa shape index (κ3) is 7.03. The fourth-order valence-corrected chi connectivity index (χ4v) is 5.93. The molecular formula is C26H39F3. The number of hydrogen-bond donors (Lipinski definition) is 0. The molecule has 0 bridgehead atoms. The maximum atomic E-state index is 12.6. The molecule has 3 heteroatoms. The van der Waals surface area contributed by atoms with Gasteiger partial charge in [-0.3, -0.25) is 0 Å². The summed E-state index contributed by atoms with van der Waals surface area (Å²) in [5.74, 6) is 3.89. The zero-order valence-corrected chi connectivity index (χ0v) is 18.2. The van der Waals surface area contributed by atoms with Crippen molar-refractivity contribution in [3.8, 4) is 0 Å². The van der Waals surface area contributed by atoms with Crippen LogP contribution in [0.25, 0.3) is 0 Å². The molecule has 0 nitrogen and oxygen atoms in total. The highest BCUT2D eigenvalue weighted by Gasteiger charge is 2.31. The molecule has 0 heterocycles. The van der Waals surface area contributed by atoms with E-state index in [9.17, 15) is 13.2 Å². The van der Waals surface area contributed by atoms with Gasteiger partial charge in [0.25, 0.3) is 0 Å². The normalized spacial score (nSPS) is 28.4. The highest BCUT2D eigenvalue weighted by molar-refractivity contribution is 5.24. The second-order valence-corrected chi connectivity index (χ2v) is 9.79. The van der Waals surface area contributed by atoms with Gasteiger partial charge in [0.1, 0.15) is 0 Å². The summed E-state index contributed by atoms with van der Waals surface area (Å²) in [6, 6.07) is 5.71. The zero-order chi connectivity index (χ0) is 20.7. The van der Waals surface area contributed by atoms with Crippen LogP contribution in [-0.2, 0) is 12.6 Å². The lowest BCUT2D eigenvalue weighted by Gasteiger charge is -2.38. The van der Waals surface area contributed by atoms with Gasteiger partial charge in [0.15, 0.2) is 0 Å². The van der Waals surface area contributed by atoms with Crippen LogP contribution in [0.5, 0.6) is 0 Å². The Morgan fingerprint density at radius 2 is 1.24 bits per heavy atom. The van der Waals surface area contributed by atoms with E-state index in [0.717, 1.165) is 42.1 Å². The maximum absolute atomic E-state index is 12.6. The standard InChI is InChI=1S/C26H39F3/c1-2-5-20-8-14-23(15-9-20)24-16-10-21(11-17-24)6-3-4-7-22-12-18-25(19-13-22)26(27,28)29/h12-13,18-21,23-24H,2-11,14-17H2,1H3/t20-,21?,23-,24?. The highest BCUT2D eigenvalue weighted by Crippen LogP contribution is 2.43. The van der Waals surface area contributed by atoms with Gasteiger partial charge < -0.3 is 0 Å². The van der Waals surface area contributed by atoms with Crippen LogP contribution in [0, 0.1) is 23.7 Å². The van der Waals surface area contributed by atoms with Crippen LogP contribution >= 0.6 is 0 Å². The first-order chi connectivity index (χ1) is 14.0. The Morgan fingerprint density at radius 3 is 1.72 bits per heavy atom. The van der Waals surface area contributed by atoms with Crippen molar-refractivity contribution in [1.82, 2.24) is 0 Å². The number of hydrogen-bond acceptors (Lipinski definition) is 0. The van der Waals surface area contributed by atoms with Crippen molar-refractivity contribution in [2.24, 2.45) is 23.7 Å². The highest BCUT2D eigenvalue weighted by atomic mass is 19.4. The molecule has 0 atom stereocenters. The van der Waals surface area contributed by atoms with Gasteiger partial charge in [-0.1, -0.05) is 70.4 Å². The fourth-order valence-electron chi connectivity index (χ4n) is 5.93. The van der Waals surface area contributed by atoms with Crippen molar-refractivity contribution < 1.29 is 13.2 Å². The molecule has 1 aromatic carbocycles. The van der Waals surface area contributed by atoms with Crippen molar-refractivity contribution in [3.63, 3.8) is 0 Å². The Labute approximate surface area is 175 Å². The summed E-state index contributed by atoms with van der Waals surface area (Å²) in [6.07, 6.45) is 14.6. The van der Waals surface area contributed by atoms with Gasteiger partial charge >= 0.3 is 6.18 Å². The second-order valence-electron chi connectivity index (χ2n) is 9.79. The van der Waals surface area contributed by atoms with Crippen LogP contribution in [-0.4, -0.2) is 0 Å². The van der Waals surface area contributed by atoms with Crippen LogP contribution in [0.3, 0.4) is 0 Å². The first kappa shape index (κ1) is 22.7. The molecule has 0 radical (unpaired) electrons. The van der Waals surface area contributed by atoms with Crippen molar-refractivity contribution in [2.45, 2.75) is 103 Å². The number of aryl methyl sites for hydroxylation is 1. The molecule has 0 saturated heterocycles. The Hall–Kier alpha value is -0.990. The third-order valence-corrected chi connectivity index (χ3v) is 7.76. The van der Waals surface area contributed by atoms with Crippen molar-refractivity contribution in [3.05, 3.63) is 35.4 Å². The average Bonchev–Trinajstić information content (AvgIpc) is 2.72. The van der Waals surface area contributed by atoms with E-state index in [4.69, 9.17) is 0 Å². The van der Waals surface area contributed by atoms with Gasteiger partial charge in [-0.05, 0) is 79.9 Å². The molecule has 164 valence electrons. The third-order valence-electron chi connectivity index (χ3n) is 7.76. The van der Waals surface area contributed by atoms with E-state index in [0.29, 0.717) is 0 Å². The number of alkyl halides is 3. The molecule has 2 saturated carbocycles. The Morgan fingerprint density at radius 1 is 0.724 bits per heavy atom. The van der Waals surface area contributed by atoms with Crippen LogP contribution in [0.15, 0.2) is 24.3 Å². The van der Waals surface area contributed by atoms with E-state index in [2.05, 4.69) is 6.92 Å². The fraction of sp³-hybridized carbons (Fsp3) is 0.769. The minimum absolute atomic E-state index is 0.545. The minimum atomic E-state index is -4.23. The van der Waals surface area contributed by atoms with Gasteiger partial charge in [0, 0.05) is 0 Å². The van der Waals surface area contributed by atoms with Crippen LogP contribution in [0.2, 0.25) is 0 Å². The molecule has 2 aliphatic carbocycles. The van der Waals surface area contributed by atoms with Gasteiger partial charge in [-0.2, -0.15) is 13.2 Å². The summed E-state index contributed by atoms with van der Waals surface area (Å²) in [7, 11) is 0. The van der Waals surface area contributed by atoms with Crippen LogP contribution < -0.4 is 0 Å². The number of benzene rings is 1. The number of halogens is 3.